The van der Waals surface area contributed by atoms with E-state index in [9.17, 15) is 8.42 Å². The van der Waals surface area contributed by atoms with Gasteiger partial charge in [-0.25, -0.2) is 8.42 Å². The van der Waals surface area contributed by atoms with Gasteiger partial charge in [-0.1, -0.05) is 35.5 Å². The van der Waals surface area contributed by atoms with Crippen molar-refractivity contribution in [1.29, 1.82) is 0 Å². The highest BCUT2D eigenvalue weighted by molar-refractivity contribution is 7.89. The number of benzene rings is 1. The van der Waals surface area contributed by atoms with E-state index in [0.717, 1.165) is 11.8 Å². The molecule has 0 aliphatic carbocycles. The van der Waals surface area contributed by atoms with Gasteiger partial charge >= 0.3 is 0 Å². The van der Waals surface area contributed by atoms with Crippen LogP contribution in [0, 0.1) is 0 Å². The van der Waals surface area contributed by atoms with Crippen molar-refractivity contribution < 1.29 is 12.9 Å². The molecule has 110 valence electrons. The topological polar surface area (TPSA) is 99.1 Å². The van der Waals surface area contributed by atoms with Crippen molar-refractivity contribution >= 4 is 22.2 Å². The van der Waals surface area contributed by atoms with E-state index in [2.05, 4.69) is 10.1 Å². The number of nitrogens with zero attached hydrogens (tertiary/aromatic N) is 2. The Bertz CT molecular complexity index is 643. The van der Waals surface area contributed by atoms with Crippen molar-refractivity contribution in [2.24, 2.45) is 5.73 Å². The third kappa shape index (κ3) is 4.92. The van der Waals surface area contributed by atoms with Crippen LogP contribution in [0.3, 0.4) is 0 Å². The molecule has 0 bridgehead atoms. The van der Waals surface area contributed by atoms with Gasteiger partial charge in [-0.3, -0.25) is 0 Å². The monoisotopic (exact) mass is 317 g/mol. The Hall–Kier alpha value is -1.44. The predicted octanol–water partition coefficient (Wildman–Crippen LogP) is 1.28. The summed E-state index contributed by atoms with van der Waals surface area (Å²) in [5, 5.41) is 3.63. The Morgan fingerprint density at radius 1 is 1.30 bits per heavy atom. The highest BCUT2D eigenvalue weighted by atomic mass is 35.5. The molecule has 2 N–H and O–H groups in total. The summed E-state index contributed by atoms with van der Waals surface area (Å²) >= 11 is 0. The molecule has 2 aromatic rings. The number of rotatable bonds is 5. The number of hydrogen-bond acceptors (Lipinski definition) is 6. The van der Waals surface area contributed by atoms with Gasteiger partial charge in [-0.05, 0) is 5.56 Å². The summed E-state index contributed by atoms with van der Waals surface area (Å²) in [6.07, 6.45) is 1.50. The molecule has 0 amide bonds. The van der Waals surface area contributed by atoms with Gasteiger partial charge in [0, 0.05) is 18.7 Å². The highest BCUT2D eigenvalue weighted by Crippen LogP contribution is 2.14. The molecule has 8 heteroatoms. The van der Waals surface area contributed by atoms with Crippen molar-refractivity contribution in [3.05, 3.63) is 47.6 Å². The van der Waals surface area contributed by atoms with E-state index in [1.807, 2.05) is 30.3 Å². The summed E-state index contributed by atoms with van der Waals surface area (Å²) < 4.78 is 27.2. The summed E-state index contributed by atoms with van der Waals surface area (Å²) in [7, 11) is -3.16. The van der Waals surface area contributed by atoms with E-state index < -0.39 is 9.84 Å². The lowest BCUT2D eigenvalue weighted by Crippen LogP contribution is -2.13. The largest absolute Gasteiger partial charge is 0.339 e. The van der Waals surface area contributed by atoms with Crippen LogP contribution in [0.2, 0.25) is 0 Å². The van der Waals surface area contributed by atoms with Gasteiger partial charge < -0.3 is 10.3 Å². The van der Waals surface area contributed by atoms with Gasteiger partial charge in [0.15, 0.2) is 15.7 Å². The number of aromatic nitrogens is 2. The minimum Gasteiger partial charge on any atom is -0.339 e. The zero-order chi connectivity index (χ0) is 13.9. The second kappa shape index (κ2) is 6.83. The predicted molar refractivity (Wildman–Crippen MR) is 77.2 cm³/mol. The van der Waals surface area contributed by atoms with Crippen LogP contribution in [-0.2, 0) is 22.0 Å². The summed E-state index contributed by atoms with van der Waals surface area (Å²) in [6.45, 7) is 0. The van der Waals surface area contributed by atoms with Crippen LogP contribution in [-0.4, -0.2) is 24.8 Å². The lowest BCUT2D eigenvalue weighted by Gasteiger charge is -2.08. The molecular weight excluding hydrogens is 302 g/mol. The summed E-state index contributed by atoms with van der Waals surface area (Å²) in [5.41, 5.74) is 6.98. The normalized spacial score (nSPS) is 12.7. The molecule has 2 rings (SSSR count). The van der Waals surface area contributed by atoms with Crippen LogP contribution in [0.1, 0.15) is 23.3 Å². The molecule has 1 atom stereocenters. The van der Waals surface area contributed by atoms with E-state index in [1.54, 1.807) is 0 Å². The minimum absolute atomic E-state index is 0. The number of hydrogen-bond donors (Lipinski definition) is 1. The first kappa shape index (κ1) is 16.6. The maximum Gasteiger partial charge on any atom is 0.228 e. The molecule has 0 aliphatic rings. The Balaban J connectivity index is 0.00000200. The molecule has 0 saturated heterocycles. The summed E-state index contributed by atoms with van der Waals surface area (Å²) in [4.78, 5) is 4.02. The molecule has 1 aromatic carbocycles. The SMILES string of the molecule is CS(=O)(=O)Cc1noc(CC(N)c2ccccc2)n1.Cl. The van der Waals surface area contributed by atoms with Crippen molar-refractivity contribution in [2.75, 3.05) is 6.26 Å². The van der Waals surface area contributed by atoms with E-state index in [4.69, 9.17) is 10.3 Å². The third-order valence-corrected chi connectivity index (χ3v) is 3.31. The molecule has 6 nitrogen and oxygen atoms in total. The van der Waals surface area contributed by atoms with Crippen LogP contribution >= 0.6 is 12.4 Å². The first-order chi connectivity index (χ1) is 8.94. The number of halogens is 1. The Morgan fingerprint density at radius 2 is 1.95 bits per heavy atom. The van der Waals surface area contributed by atoms with Gasteiger partial charge in [-0.15, -0.1) is 12.4 Å². The summed E-state index contributed by atoms with van der Waals surface area (Å²) in [6, 6.07) is 9.29. The van der Waals surface area contributed by atoms with Gasteiger partial charge in [0.2, 0.25) is 5.89 Å². The first-order valence-electron chi connectivity index (χ1n) is 5.74. The van der Waals surface area contributed by atoms with Crippen molar-refractivity contribution in [3.63, 3.8) is 0 Å². The van der Waals surface area contributed by atoms with Crippen molar-refractivity contribution in [2.45, 2.75) is 18.2 Å². The molecular formula is C12H16ClN3O3S. The average molecular weight is 318 g/mol. The second-order valence-electron chi connectivity index (χ2n) is 4.40. The molecule has 0 aliphatic heterocycles. The fraction of sp³-hybridized carbons (Fsp3) is 0.333. The van der Waals surface area contributed by atoms with Crippen LogP contribution in [0.25, 0.3) is 0 Å². The molecule has 1 unspecified atom stereocenters. The molecule has 0 saturated carbocycles. The Morgan fingerprint density at radius 3 is 2.55 bits per heavy atom. The lowest BCUT2D eigenvalue weighted by molar-refractivity contribution is 0.366. The van der Waals surface area contributed by atoms with Gasteiger partial charge in [0.05, 0.1) is 0 Å². The molecule has 20 heavy (non-hydrogen) atoms. The fourth-order valence-electron chi connectivity index (χ4n) is 1.67. The quantitative estimate of drug-likeness (QED) is 0.891. The summed E-state index contributed by atoms with van der Waals surface area (Å²) in [5.74, 6) is 0.282. The van der Waals surface area contributed by atoms with Gasteiger partial charge in [0.25, 0.3) is 0 Å². The van der Waals surface area contributed by atoms with E-state index in [-0.39, 0.29) is 30.0 Å². The first-order valence-corrected chi connectivity index (χ1v) is 7.80. The van der Waals surface area contributed by atoms with E-state index in [1.165, 1.54) is 0 Å². The number of nitrogens with two attached hydrogens (primary N) is 1. The molecule has 0 spiro atoms. The molecule has 0 radical (unpaired) electrons. The number of sulfone groups is 1. The Labute approximate surface area is 123 Å². The average Bonchev–Trinajstić information content (AvgIpc) is 2.75. The third-order valence-electron chi connectivity index (χ3n) is 2.52. The van der Waals surface area contributed by atoms with E-state index in [0.29, 0.717) is 12.3 Å². The van der Waals surface area contributed by atoms with Gasteiger partial charge in [0.1, 0.15) is 5.75 Å². The maximum atomic E-state index is 11.1. The Kier molecular flexibility index (Phi) is 5.67. The lowest BCUT2D eigenvalue weighted by atomic mass is 10.1. The van der Waals surface area contributed by atoms with Crippen LogP contribution in [0.15, 0.2) is 34.9 Å². The van der Waals surface area contributed by atoms with Crippen molar-refractivity contribution in [3.8, 4) is 0 Å². The maximum absolute atomic E-state index is 11.1. The van der Waals surface area contributed by atoms with Crippen molar-refractivity contribution in [1.82, 2.24) is 10.1 Å². The smallest absolute Gasteiger partial charge is 0.228 e. The molecule has 1 aromatic heterocycles. The van der Waals surface area contributed by atoms with E-state index >= 15 is 0 Å². The minimum atomic E-state index is -3.16. The molecule has 1 heterocycles. The van der Waals surface area contributed by atoms with Crippen LogP contribution in [0.5, 0.6) is 0 Å². The van der Waals surface area contributed by atoms with Gasteiger partial charge in [-0.2, -0.15) is 4.98 Å². The fourth-order valence-corrected chi connectivity index (χ4v) is 2.26. The molecule has 0 fully saturated rings. The standard InChI is InChI=1S/C12H15N3O3S.ClH/c1-19(16,17)8-11-14-12(18-15-11)7-10(13)9-5-3-2-4-6-9;/h2-6,10H,7-8,13H2,1H3;1H. The zero-order valence-corrected chi connectivity index (χ0v) is 12.5. The highest BCUT2D eigenvalue weighted by Gasteiger charge is 2.15. The van der Waals surface area contributed by atoms with Crippen LogP contribution in [0.4, 0.5) is 0 Å². The van der Waals surface area contributed by atoms with Crippen LogP contribution < -0.4 is 5.73 Å². The second-order valence-corrected chi connectivity index (χ2v) is 6.54. The zero-order valence-electron chi connectivity index (χ0n) is 10.9.